The van der Waals surface area contributed by atoms with Crippen LogP contribution in [0.1, 0.15) is 17.5 Å². The molecule has 5 heteroatoms. The first-order valence-corrected chi connectivity index (χ1v) is 7.89. The average molecular weight is 333 g/mol. The summed E-state index contributed by atoms with van der Waals surface area (Å²) in [6, 6.07) is 15.8. The van der Waals surface area contributed by atoms with E-state index in [0.717, 1.165) is 16.8 Å². The van der Waals surface area contributed by atoms with E-state index in [9.17, 15) is 5.11 Å². The van der Waals surface area contributed by atoms with E-state index in [1.165, 1.54) is 0 Å². The summed E-state index contributed by atoms with van der Waals surface area (Å²) in [6.07, 6.45) is 0.530. The fourth-order valence-corrected chi connectivity index (χ4v) is 3.63. The third-order valence-corrected chi connectivity index (χ3v) is 4.88. The van der Waals surface area contributed by atoms with E-state index in [1.807, 2.05) is 48.3 Å². The zero-order valence-electron chi connectivity index (χ0n) is 12.2. The normalized spacial score (nSPS) is 20.5. The SMILES string of the molecule is CN1C(=S)Nc2ccc(Cl)cc2C1(CCO)c1ccccc1. The first-order valence-electron chi connectivity index (χ1n) is 7.11. The third-order valence-electron chi connectivity index (χ3n) is 4.27. The number of thiocarbonyl (C=S) groups is 1. The fraction of sp³-hybridized carbons (Fsp3) is 0.235. The molecule has 2 aromatic rings. The number of halogens is 1. The van der Waals surface area contributed by atoms with Crippen molar-refractivity contribution in [2.45, 2.75) is 12.0 Å². The summed E-state index contributed by atoms with van der Waals surface area (Å²) in [5.74, 6) is 0. The van der Waals surface area contributed by atoms with Crippen LogP contribution in [0, 0.1) is 0 Å². The summed E-state index contributed by atoms with van der Waals surface area (Å²) >= 11 is 11.7. The molecule has 0 saturated carbocycles. The summed E-state index contributed by atoms with van der Waals surface area (Å²) in [5, 5.41) is 14.3. The van der Waals surface area contributed by atoms with Crippen molar-refractivity contribution < 1.29 is 5.11 Å². The molecule has 0 saturated heterocycles. The minimum Gasteiger partial charge on any atom is -0.396 e. The highest BCUT2D eigenvalue weighted by Gasteiger charge is 2.44. The van der Waals surface area contributed by atoms with Gasteiger partial charge in [0.05, 0.1) is 5.54 Å². The summed E-state index contributed by atoms with van der Waals surface area (Å²) in [7, 11) is 1.95. The Morgan fingerprint density at radius 2 is 1.95 bits per heavy atom. The largest absolute Gasteiger partial charge is 0.396 e. The van der Waals surface area contributed by atoms with Crippen molar-refractivity contribution in [3.05, 3.63) is 64.7 Å². The van der Waals surface area contributed by atoms with Gasteiger partial charge < -0.3 is 15.3 Å². The maximum Gasteiger partial charge on any atom is 0.174 e. The van der Waals surface area contributed by atoms with Crippen molar-refractivity contribution in [3.8, 4) is 0 Å². The van der Waals surface area contributed by atoms with Crippen LogP contribution in [0.5, 0.6) is 0 Å². The Balaban J connectivity index is 2.32. The van der Waals surface area contributed by atoms with E-state index in [4.69, 9.17) is 23.8 Å². The van der Waals surface area contributed by atoms with Gasteiger partial charge in [0.2, 0.25) is 0 Å². The Bertz CT molecular complexity index is 707. The molecule has 114 valence electrons. The molecule has 0 aliphatic carbocycles. The van der Waals surface area contributed by atoms with Gasteiger partial charge in [0, 0.05) is 36.3 Å². The second-order valence-electron chi connectivity index (χ2n) is 5.38. The Morgan fingerprint density at radius 1 is 1.23 bits per heavy atom. The van der Waals surface area contributed by atoms with Gasteiger partial charge >= 0.3 is 0 Å². The molecule has 1 aliphatic rings. The molecule has 2 N–H and O–H groups in total. The molecule has 1 atom stereocenters. The average Bonchev–Trinajstić information content (AvgIpc) is 2.53. The number of benzene rings is 2. The molecule has 0 aromatic heterocycles. The van der Waals surface area contributed by atoms with Gasteiger partial charge in [-0.3, -0.25) is 0 Å². The van der Waals surface area contributed by atoms with Gasteiger partial charge in [-0.15, -0.1) is 0 Å². The monoisotopic (exact) mass is 332 g/mol. The Kier molecular flexibility index (Phi) is 4.08. The fourth-order valence-electron chi connectivity index (χ4n) is 3.19. The van der Waals surface area contributed by atoms with Gasteiger partial charge in [0.15, 0.2) is 5.11 Å². The van der Waals surface area contributed by atoms with Crippen LogP contribution >= 0.6 is 23.8 Å². The van der Waals surface area contributed by atoms with Crippen molar-refractivity contribution in [3.63, 3.8) is 0 Å². The summed E-state index contributed by atoms with van der Waals surface area (Å²) in [4.78, 5) is 2.01. The first kappa shape index (κ1) is 15.3. The predicted molar refractivity (Wildman–Crippen MR) is 94.4 cm³/mol. The standard InChI is InChI=1S/C17H17ClN2OS/c1-20-16(22)19-15-8-7-13(18)11-14(15)17(20,9-10-21)12-5-3-2-4-6-12/h2-8,11,21H,9-10H2,1H3,(H,19,22). The van der Waals surface area contributed by atoms with Gasteiger partial charge in [-0.2, -0.15) is 0 Å². The minimum atomic E-state index is -0.529. The number of hydrogen-bond acceptors (Lipinski definition) is 2. The van der Waals surface area contributed by atoms with Crippen molar-refractivity contribution in [1.29, 1.82) is 0 Å². The van der Waals surface area contributed by atoms with Gasteiger partial charge in [-0.1, -0.05) is 41.9 Å². The van der Waals surface area contributed by atoms with Crippen LogP contribution in [0.25, 0.3) is 0 Å². The van der Waals surface area contributed by atoms with Crippen molar-refractivity contribution in [2.75, 3.05) is 19.0 Å². The zero-order valence-corrected chi connectivity index (χ0v) is 13.8. The molecule has 1 aliphatic heterocycles. The van der Waals surface area contributed by atoms with Crippen LogP contribution in [-0.4, -0.2) is 28.8 Å². The van der Waals surface area contributed by atoms with Gasteiger partial charge in [-0.25, -0.2) is 0 Å². The lowest BCUT2D eigenvalue weighted by Crippen LogP contribution is -2.53. The molecule has 3 nitrogen and oxygen atoms in total. The van der Waals surface area contributed by atoms with E-state index in [0.29, 0.717) is 16.6 Å². The summed E-state index contributed by atoms with van der Waals surface area (Å²) < 4.78 is 0. The van der Waals surface area contributed by atoms with E-state index >= 15 is 0 Å². The number of nitrogens with zero attached hydrogens (tertiary/aromatic N) is 1. The van der Waals surface area contributed by atoms with Crippen LogP contribution in [0.3, 0.4) is 0 Å². The van der Waals surface area contributed by atoms with Crippen LogP contribution < -0.4 is 5.32 Å². The molecule has 0 amide bonds. The number of fused-ring (bicyclic) bond motifs is 1. The first-order chi connectivity index (χ1) is 10.6. The van der Waals surface area contributed by atoms with Gasteiger partial charge in [0.1, 0.15) is 0 Å². The number of rotatable bonds is 3. The smallest absolute Gasteiger partial charge is 0.174 e. The maximum absolute atomic E-state index is 9.72. The van der Waals surface area contributed by atoms with Crippen LogP contribution in [0.2, 0.25) is 5.02 Å². The molecule has 3 rings (SSSR count). The second kappa shape index (κ2) is 5.88. The van der Waals surface area contributed by atoms with E-state index < -0.39 is 5.54 Å². The molecule has 0 radical (unpaired) electrons. The molecular weight excluding hydrogens is 316 g/mol. The van der Waals surface area contributed by atoms with Gasteiger partial charge in [-0.05, 0) is 36.0 Å². The molecule has 1 heterocycles. The Morgan fingerprint density at radius 3 is 2.64 bits per heavy atom. The highest BCUT2D eigenvalue weighted by Crippen LogP contribution is 2.45. The molecule has 0 bridgehead atoms. The lowest BCUT2D eigenvalue weighted by molar-refractivity contribution is 0.178. The highest BCUT2D eigenvalue weighted by molar-refractivity contribution is 7.80. The quantitative estimate of drug-likeness (QED) is 0.842. The lowest BCUT2D eigenvalue weighted by atomic mass is 9.77. The highest BCUT2D eigenvalue weighted by atomic mass is 35.5. The number of aliphatic hydroxyl groups is 1. The Hall–Kier alpha value is -1.62. The topological polar surface area (TPSA) is 35.5 Å². The lowest BCUT2D eigenvalue weighted by Gasteiger charge is -2.48. The van der Waals surface area contributed by atoms with E-state index in [1.54, 1.807) is 0 Å². The van der Waals surface area contributed by atoms with E-state index in [-0.39, 0.29) is 6.61 Å². The third kappa shape index (κ3) is 2.28. The number of hydrogen-bond donors (Lipinski definition) is 2. The number of nitrogens with one attached hydrogen (secondary N) is 1. The van der Waals surface area contributed by atoms with Crippen LogP contribution in [0.15, 0.2) is 48.5 Å². The number of anilines is 1. The summed E-state index contributed by atoms with van der Waals surface area (Å²) in [5.41, 5.74) is 2.51. The molecule has 0 fully saturated rings. The molecular formula is C17H17ClN2OS. The maximum atomic E-state index is 9.72. The molecule has 2 aromatic carbocycles. The number of aliphatic hydroxyl groups excluding tert-OH is 1. The van der Waals surface area contributed by atoms with E-state index in [2.05, 4.69) is 17.4 Å². The predicted octanol–water partition coefficient (Wildman–Crippen LogP) is 3.61. The second-order valence-corrected chi connectivity index (χ2v) is 6.20. The van der Waals surface area contributed by atoms with Crippen LogP contribution in [-0.2, 0) is 5.54 Å². The molecule has 22 heavy (non-hydrogen) atoms. The minimum absolute atomic E-state index is 0.0494. The Labute approximate surface area is 140 Å². The van der Waals surface area contributed by atoms with Crippen molar-refractivity contribution in [1.82, 2.24) is 4.90 Å². The van der Waals surface area contributed by atoms with Crippen LogP contribution in [0.4, 0.5) is 5.69 Å². The molecule has 1 unspecified atom stereocenters. The molecule has 0 spiro atoms. The van der Waals surface area contributed by atoms with Crippen molar-refractivity contribution in [2.24, 2.45) is 0 Å². The van der Waals surface area contributed by atoms with Gasteiger partial charge in [0.25, 0.3) is 0 Å². The van der Waals surface area contributed by atoms with Crippen molar-refractivity contribution >= 4 is 34.6 Å². The summed E-state index contributed by atoms with van der Waals surface area (Å²) in [6.45, 7) is 0.0494. The zero-order chi connectivity index (χ0) is 15.7.